The van der Waals surface area contributed by atoms with Gasteiger partial charge in [-0.15, -0.1) is 23.5 Å². The predicted molar refractivity (Wildman–Crippen MR) is 180 cm³/mol. The van der Waals surface area contributed by atoms with Gasteiger partial charge in [0, 0.05) is 9.79 Å². The third-order valence-electron chi connectivity index (χ3n) is 8.78. The molecule has 0 radical (unpaired) electrons. The van der Waals surface area contributed by atoms with Crippen LogP contribution in [0, 0.1) is 0 Å². The molecular formula is C36H38F6O4S3. The summed E-state index contributed by atoms with van der Waals surface area (Å²) in [6.45, 7) is 3.85. The van der Waals surface area contributed by atoms with Crippen molar-refractivity contribution in [3.8, 4) is 0 Å². The fourth-order valence-electron chi connectivity index (χ4n) is 6.24. The lowest BCUT2D eigenvalue weighted by Crippen LogP contribution is -2.28. The third kappa shape index (κ3) is 10.2. The molecular weight excluding hydrogens is 707 g/mol. The number of benzene rings is 3. The van der Waals surface area contributed by atoms with Crippen LogP contribution in [0.3, 0.4) is 0 Å². The highest BCUT2D eigenvalue weighted by atomic mass is 32.2. The predicted octanol–water partition coefficient (Wildman–Crippen LogP) is 11.1. The van der Waals surface area contributed by atoms with Crippen LogP contribution >= 0.6 is 34.4 Å². The summed E-state index contributed by atoms with van der Waals surface area (Å²) in [5.74, 6) is -0.553. The maximum Gasteiger partial charge on any atom is 0.416 e. The summed E-state index contributed by atoms with van der Waals surface area (Å²) >= 11 is 2.50. The van der Waals surface area contributed by atoms with Crippen molar-refractivity contribution >= 4 is 46.4 Å². The Hall–Kier alpha value is -2.77. The summed E-state index contributed by atoms with van der Waals surface area (Å²) in [5, 5.41) is 0. The van der Waals surface area contributed by atoms with Gasteiger partial charge < -0.3 is 9.47 Å². The van der Waals surface area contributed by atoms with Crippen molar-refractivity contribution in [2.45, 2.75) is 113 Å². The zero-order valence-corrected chi connectivity index (χ0v) is 29.6. The molecule has 0 saturated heterocycles. The fraction of sp³-hybridized carbons (Fsp3) is 0.444. The van der Waals surface area contributed by atoms with E-state index in [1.54, 1.807) is 48.5 Å². The highest BCUT2D eigenvalue weighted by molar-refractivity contribution is 8.17. The average molecular weight is 745 g/mol. The number of carbonyl (C=O) groups excluding carboxylic acids is 2. The smallest absolute Gasteiger partial charge is 0.416 e. The molecule has 266 valence electrons. The molecule has 0 aliphatic heterocycles. The maximum atomic E-state index is 13.9. The van der Waals surface area contributed by atoms with Crippen LogP contribution in [0.2, 0.25) is 0 Å². The molecule has 2 aliphatic carbocycles. The van der Waals surface area contributed by atoms with Gasteiger partial charge in [-0.3, -0.25) is 9.59 Å². The van der Waals surface area contributed by atoms with E-state index in [9.17, 15) is 35.9 Å². The van der Waals surface area contributed by atoms with Crippen molar-refractivity contribution in [3.05, 3.63) is 77.9 Å². The van der Waals surface area contributed by atoms with Gasteiger partial charge in [0.15, 0.2) is 0 Å². The number of alkyl halides is 6. The van der Waals surface area contributed by atoms with Gasteiger partial charge in [-0.1, -0.05) is 0 Å². The first kappa shape index (κ1) is 37.5. The summed E-state index contributed by atoms with van der Waals surface area (Å²) in [7, 11) is -1.88. The van der Waals surface area contributed by atoms with Crippen LogP contribution in [0.25, 0.3) is 0 Å². The van der Waals surface area contributed by atoms with Crippen LogP contribution < -0.4 is 0 Å². The minimum Gasteiger partial charge on any atom is -0.459 e. The first-order valence-corrected chi connectivity index (χ1v) is 19.3. The SMILES string of the molecule is CC1(OC(=O)CSc2ccc([SH](c3ccc(SCC(=O)OC4(C)CCCC4)cc3)c3cc(C(F)(F)F)cc(C(F)(F)F)c3)cc2)CCCC1. The number of hydrogen-bond donors (Lipinski definition) is 1. The Labute approximate surface area is 293 Å². The Kier molecular flexibility index (Phi) is 11.6. The number of thiol groups is 1. The highest BCUT2D eigenvalue weighted by Gasteiger charge is 2.38. The molecule has 0 aromatic heterocycles. The molecule has 0 heterocycles. The van der Waals surface area contributed by atoms with Gasteiger partial charge in [0.25, 0.3) is 0 Å². The number of rotatable bonds is 11. The summed E-state index contributed by atoms with van der Waals surface area (Å²) < 4.78 is 94.6. The van der Waals surface area contributed by atoms with E-state index >= 15 is 0 Å². The normalized spacial score (nSPS) is 17.5. The summed E-state index contributed by atoms with van der Waals surface area (Å²) in [5.41, 5.74) is -3.67. The lowest BCUT2D eigenvalue weighted by molar-refractivity contribution is -0.155. The first-order chi connectivity index (χ1) is 23.0. The molecule has 2 aliphatic rings. The topological polar surface area (TPSA) is 52.6 Å². The van der Waals surface area contributed by atoms with Gasteiger partial charge in [0.05, 0.1) is 22.6 Å². The molecule has 4 nitrogen and oxygen atoms in total. The van der Waals surface area contributed by atoms with Crippen LogP contribution in [0.5, 0.6) is 0 Å². The molecule has 13 heteroatoms. The van der Waals surface area contributed by atoms with E-state index in [1.807, 2.05) is 13.8 Å². The number of ether oxygens (including phenoxy) is 2. The highest BCUT2D eigenvalue weighted by Crippen LogP contribution is 2.54. The van der Waals surface area contributed by atoms with Crippen molar-refractivity contribution in [1.29, 1.82) is 0 Å². The monoisotopic (exact) mass is 744 g/mol. The van der Waals surface area contributed by atoms with Gasteiger partial charge in [0.2, 0.25) is 0 Å². The molecule has 0 spiro atoms. The van der Waals surface area contributed by atoms with E-state index in [0.717, 1.165) is 63.5 Å². The van der Waals surface area contributed by atoms with Crippen LogP contribution in [0.15, 0.2) is 91.2 Å². The average Bonchev–Trinajstić information content (AvgIpc) is 3.67. The van der Waals surface area contributed by atoms with Crippen molar-refractivity contribution in [3.63, 3.8) is 0 Å². The molecule has 0 atom stereocenters. The van der Waals surface area contributed by atoms with E-state index in [1.165, 1.54) is 23.5 Å². The van der Waals surface area contributed by atoms with E-state index < -0.39 is 45.6 Å². The van der Waals surface area contributed by atoms with Crippen molar-refractivity contribution in [2.75, 3.05) is 11.5 Å². The third-order valence-corrected chi connectivity index (χ3v) is 13.2. The molecule has 5 rings (SSSR count). The quantitative estimate of drug-likeness (QED) is 0.0913. The largest absolute Gasteiger partial charge is 0.459 e. The van der Waals surface area contributed by atoms with Crippen molar-refractivity contribution in [1.82, 2.24) is 0 Å². The van der Waals surface area contributed by atoms with Gasteiger partial charge in [-0.05, 0) is 147 Å². The van der Waals surface area contributed by atoms with Crippen LogP contribution in [-0.2, 0) is 31.4 Å². The van der Waals surface area contributed by atoms with Crippen LogP contribution in [0.1, 0.15) is 76.3 Å². The van der Waals surface area contributed by atoms with Gasteiger partial charge in [0.1, 0.15) is 11.2 Å². The molecule has 2 fully saturated rings. The van der Waals surface area contributed by atoms with Crippen molar-refractivity contribution < 1.29 is 45.4 Å². The zero-order valence-electron chi connectivity index (χ0n) is 27.1. The van der Waals surface area contributed by atoms with E-state index in [2.05, 4.69) is 0 Å². The lowest BCUT2D eigenvalue weighted by atomic mass is 10.1. The van der Waals surface area contributed by atoms with Gasteiger partial charge in [-0.2, -0.15) is 37.2 Å². The Balaban J connectivity index is 1.39. The molecule has 3 aromatic rings. The Morgan fingerprint density at radius 1 is 0.612 bits per heavy atom. The van der Waals surface area contributed by atoms with E-state index in [-0.39, 0.29) is 34.4 Å². The number of hydrogen-bond acceptors (Lipinski definition) is 6. The Morgan fingerprint density at radius 2 is 0.959 bits per heavy atom. The second-order valence-electron chi connectivity index (χ2n) is 12.9. The van der Waals surface area contributed by atoms with Crippen LogP contribution in [-0.4, -0.2) is 34.6 Å². The van der Waals surface area contributed by atoms with Gasteiger partial charge in [-0.25, -0.2) is 0 Å². The standard InChI is InChI=1S/C36H38F6O4S3/c1-33(15-3-4-16-33)45-31(43)22-47-26-7-11-28(12-8-26)49(30-20-24(35(37,38)39)19-25(21-30)36(40,41)42)29-13-9-27(10-14-29)48-23-32(44)46-34(2)17-5-6-18-34/h7-14,19-21,49H,3-6,15-18,22-23H2,1-2H3. The molecule has 0 amide bonds. The van der Waals surface area contributed by atoms with Crippen molar-refractivity contribution in [2.24, 2.45) is 0 Å². The lowest BCUT2D eigenvalue weighted by Gasteiger charge is -2.26. The molecule has 0 bridgehead atoms. The molecule has 0 N–H and O–H groups in total. The fourth-order valence-corrected chi connectivity index (χ4v) is 9.91. The van der Waals surface area contributed by atoms with E-state index in [0.29, 0.717) is 19.6 Å². The first-order valence-electron chi connectivity index (χ1n) is 16.0. The molecule has 0 unspecified atom stereocenters. The number of esters is 2. The zero-order chi connectivity index (χ0) is 35.5. The second kappa shape index (κ2) is 15.2. The summed E-state index contributed by atoms with van der Waals surface area (Å²) in [4.78, 5) is 27.4. The van der Waals surface area contributed by atoms with Crippen LogP contribution in [0.4, 0.5) is 26.3 Å². The minimum atomic E-state index is -4.99. The number of halogens is 6. The molecule has 49 heavy (non-hydrogen) atoms. The summed E-state index contributed by atoms with van der Waals surface area (Å²) in [6, 6.07) is 15.2. The second-order valence-corrected chi connectivity index (χ2v) is 17.2. The Bertz CT molecular complexity index is 1500. The molecule has 3 aromatic carbocycles. The Morgan fingerprint density at radius 3 is 1.29 bits per heavy atom. The molecule has 2 saturated carbocycles. The number of carbonyl (C=O) groups is 2. The minimum absolute atomic E-state index is 0.0676. The van der Waals surface area contributed by atoms with Gasteiger partial charge >= 0.3 is 24.3 Å². The summed E-state index contributed by atoms with van der Waals surface area (Å²) in [6.07, 6.45) is -2.68. The maximum absolute atomic E-state index is 13.9. The number of thioether (sulfide) groups is 2. The van der Waals surface area contributed by atoms with E-state index in [4.69, 9.17) is 9.47 Å².